The first-order valence-electron chi connectivity index (χ1n) is 6.57. The molecule has 2 heterocycles. The maximum atomic E-state index is 10.1. The van der Waals surface area contributed by atoms with E-state index in [2.05, 4.69) is 0 Å². The number of hydrogen-bond donors (Lipinski definition) is 3. The van der Waals surface area contributed by atoms with Crippen LogP contribution in [-0.4, -0.2) is 59.8 Å². The summed E-state index contributed by atoms with van der Waals surface area (Å²) in [4.78, 5) is 0. The topological polar surface area (TPSA) is 88.4 Å². The molecule has 0 bridgehead atoms. The molecule has 0 spiro atoms. The van der Waals surface area contributed by atoms with Gasteiger partial charge in [-0.25, -0.2) is 0 Å². The number of rotatable bonds is 3. The van der Waals surface area contributed by atoms with Gasteiger partial charge in [-0.05, 0) is 12.4 Å². The molecule has 0 amide bonds. The number of hydrogen-bond acceptors (Lipinski definition) is 6. The highest BCUT2D eigenvalue weighted by molar-refractivity contribution is 6.62. The highest BCUT2D eigenvalue weighted by Crippen LogP contribution is 2.39. The Bertz CT molecular complexity index is 480. The third-order valence-electron chi connectivity index (χ3n) is 3.80. The molecule has 6 nitrogen and oxygen atoms in total. The van der Waals surface area contributed by atoms with Gasteiger partial charge in [0.1, 0.15) is 18.3 Å². The van der Waals surface area contributed by atoms with Crippen molar-refractivity contribution in [3.8, 4) is 0 Å². The molecule has 2 fully saturated rings. The van der Waals surface area contributed by atoms with Gasteiger partial charge in [0.05, 0.1) is 13.2 Å². The largest absolute Gasteiger partial charge is 0.496 e. The van der Waals surface area contributed by atoms with Crippen LogP contribution in [0.25, 0.3) is 0 Å². The summed E-state index contributed by atoms with van der Waals surface area (Å²) >= 11 is 0. The second kappa shape index (κ2) is 5.11. The van der Waals surface area contributed by atoms with E-state index in [1.807, 2.05) is 31.2 Å². The Morgan fingerprint density at radius 3 is 2.50 bits per heavy atom. The molecule has 108 valence electrons. The molecular formula is C13H17BO6. The van der Waals surface area contributed by atoms with Gasteiger partial charge in [-0.3, -0.25) is 0 Å². The summed E-state index contributed by atoms with van der Waals surface area (Å²) < 4.78 is 16.8. The van der Waals surface area contributed by atoms with E-state index in [0.29, 0.717) is 0 Å². The first-order chi connectivity index (χ1) is 9.59. The van der Waals surface area contributed by atoms with E-state index in [1.54, 1.807) is 0 Å². The van der Waals surface area contributed by atoms with E-state index in [-0.39, 0.29) is 6.61 Å². The van der Waals surface area contributed by atoms with Gasteiger partial charge in [0.15, 0.2) is 0 Å². The van der Waals surface area contributed by atoms with Crippen LogP contribution in [-0.2, 0) is 14.0 Å². The van der Waals surface area contributed by atoms with Gasteiger partial charge in [-0.2, -0.15) is 0 Å². The summed E-state index contributed by atoms with van der Waals surface area (Å²) in [5.74, 6) is -1.41. The van der Waals surface area contributed by atoms with E-state index < -0.39 is 37.8 Å². The van der Waals surface area contributed by atoms with Crippen LogP contribution >= 0.6 is 0 Å². The third kappa shape index (κ3) is 2.07. The molecule has 4 atom stereocenters. The standard InChI is InChI=1S/C13H17BO6/c1-8-2-4-9(5-3-8)14-19-12-11(17)10(6-15)18-13(12,7-16)20-14/h2-5,10-12,15-17H,6-7H2,1H3/t10-,11-,12+,13+/m1/s1. The van der Waals surface area contributed by atoms with Crippen molar-refractivity contribution in [3.05, 3.63) is 29.8 Å². The molecule has 1 aromatic rings. The highest BCUT2D eigenvalue weighted by Gasteiger charge is 2.63. The van der Waals surface area contributed by atoms with Gasteiger partial charge in [-0.15, -0.1) is 0 Å². The molecule has 3 rings (SSSR count). The van der Waals surface area contributed by atoms with Gasteiger partial charge in [0.2, 0.25) is 5.79 Å². The average molecular weight is 280 g/mol. The molecule has 2 aliphatic rings. The van der Waals surface area contributed by atoms with Crippen LogP contribution in [0.1, 0.15) is 5.56 Å². The molecule has 7 heteroatoms. The Balaban J connectivity index is 1.83. The number of benzene rings is 1. The fraction of sp³-hybridized carbons (Fsp3) is 0.538. The lowest BCUT2D eigenvalue weighted by Crippen LogP contribution is -2.44. The minimum atomic E-state index is -1.41. The van der Waals surface area contributed by atoms with Crippen LogP contribution in [0.5, 0.6) is 0 Å². The maximum absolute atomic E-state index is 10.1. The Hall–Kier alpha value is -0.955. The van der Waals surface area contributed by atoms with Crippen LogP contribution in [0.15, 0.2) is 24.3 Å². The number of aliphatic hydroxyl groups excluding tert-OH is 3. The second-order valence-corrected chi connectivity index (χ2v) is 5.22. The van der Waals surface area contributed by atoms with E-state index in [0.717, 1.165) is 11.0 Å². The van der Waals surface area contributed by atoms with Gasteiger partial charge in [-0.1, -0.05) is 29.8 Å². The monoisotopic (exact) mass is 280 g/mol. The van der Waals surface area contributed by atoms with Crippen molar-refractivity contribution in [1.29, 1.82) is 0 Å². The van der Waals surface area contributed by atoms with E-state index in [4.69, 9.17) is 19.2 Å². The summed E-state index contributed by atoms with van der Waals surface area (Å²) in [6.07, 6.45) is -2.68. The van der Waals surface area contributed by atoms with Crippen LogP contribution in [0.4, 0.5) is 0 Å². The summed E-state index contributed by atoms with van der Waals surface area (Å²) in [6.45, 7) is 1.16. The minimum absolute atomic E-state index is 0.360. The lowest BCUT2D eigenvalue weighted by molar-refractivity contribution is -0.202. The van der Waals surface area contributed by atoms with Crippen LogP contribution in [0.2, 0.25) is 0 Å². The molecule has 0 aliphatic carbocycles. The second-order valence-electron chi connectivity index (χ2n) is 5.22. The van der Waals surface area contributed by atoms with Crippen molar-refractivity contribution < 1.29 is 29.4 Å². The van der Waals surface area contributed by atoms with Crippen molar-refractivity contribution in [3.63, 3.8) is 0 Å². The van der Waals surface area contributed by atoms with Crippen molar-refractivity contribution >= 4 is 12.6 Å². The summed E-state index contributed by atoms with van der Waals surface area (Å²) in [5, 5.41) is 28.7. The van der Waals surface area contributed by atoms with Crippen molar-refractivity contribution in [2.75, 3.05) is 13.2 Å². The predicted molar refractivity (Wildman–Crippen MR) is 70.3 cm³/mol. The van der Waals surface area contributed by atoms with E-state index in [1.165, 1.54) is 0 Å². The Labute approximate surface area is 117 Å². The maximum Gasteiger partial charge on any atom is 0.496 e. The van der Waals surface area contributed by atoms with Crippen molar-refractivity contribution in [2.45, 2.75) is 31.0 Å². The molecule has 2 saturated heterocycles. The summed E-state index contributed by atoms with van der Waals surface area (Å²) in [7, 11) is -0.706. The minimum Gasteiger partial charge on any atom is -0.396 e. The van der Waals surface area contributed by atoms with Crippen molar-refractivity contribution in [1.82, 2.24) is 0 Å². The Morgan fingerprint density at radius 2 is 1.95 bits per heavy atom. The van der Waals surface area contributed by atoms with Crippen LogP contribution in [0, 0.1) is 6.92 Å². The Morgan fingerprint density at radius 1 is 1.25 bits per heavy atom. The summed E-state index contributed by atoms with van der Waals surface area (Å²) in [6, 6.07) is 7.58. The molecule has 0 radical (unpaired) electrons. The lowest BCUT2D eigenvalue weighted by atomic mass is 9.79. The first kappa shape index (κ1) is 14.0. The van der Waals surface area contributed by atoms with Gasteiger partial charge >= 0.3 is 7.12 Å². The normalized spacial score (nSPS) is 36.4. The molecule has 0 unspecified atom stereocenters. The zero-order valence-electron chi connectivity index (χ0n) is 11.1. The zero-order chi connectivity index (χ0) is 14.3. The van der Waals surface area contributed by atoms with Gasteiger partial charge in [0.25, 0.3) is 0 Å². The van der Waals surface area contributed by atoms with Gasteiger partial charge < -0.3 is 29.4 Å². The van der Waals surface area contributed by atoms with E-state index in [9.17, 15) is 10.2 Å². The number of aliphatic hydroxyl groups is 3. The van der Waals surface area contributed by atoms with Gasteiger partial charge in [0, 0.05) is 0 Å². The fourth-order valence-electron chi connectivity index (χ4n) is 2.65. The zero-order valence-corrected chi connectivity index (χ0v) is 11.1. The fourth-order valence-corrected chi connectivity index (χ4v) is 2.65. The molecule has 1 aromatic carbocycles. The van der Waals surface area contributed by atoms with Crippen molar-refractivity contribution in [2.24, 2.45) is 0 Å². The summed E-state index contributed by atoms with van der Waals surface area (Å²) in [5.41, 5.74) is 1.90. The lowest BCUT2D eigenvalue weighted by Gasteiger charge is -2.24. The molecule has 20 heavy (non-hydrogen) atoms. The third-order valence-corrected chi connectivity index (χ3v) is 3.80. The average Bonchev–Trinajstić information content (AvgIpc) is 2.95. The molecule has 2 aliphatic heterocycles. The predicted octanol–water partition coefficient (Wildman–Crippen LogP) is -1.45. The molecule has 3 N–H and O–H groups in total. The number of aryl methyl sites for hydroxylation is 1. The Kier molecular flexibility index (Phi) is 3.57. The molecule has 0 aromatic heterocycles. The highest BCUT2D eigenvalue weighted by atomic mass is 16.8. The van der Waals surface area contributed by atoms with Crippen LogP contribution < -0.4 is 5.46 Å². The van der Waals surface area contributed by atoms with Crippen LogP contribution in [0.3, 0.4) is 0 Å². The smallest absolute Gasteiger partial charge is 0.396 e. The molecular weight excluding hydrogens is 263 g/mol. The van der Waals surface area contributed by atoms with E-state index >= 15 is 0 Å². The first-order valence-corrected chi connectivity index (χ1v) is 6.57. The quantitative estimate of drug-likeness (QED) is 0.587. The SMILES string of the molecule is Cc1ccc(B2O[C@H]3[C@H](O)[C@@H](CO)O[C@@]3(CO)O2)cc1. The molecule has 0 saturated carbocycles. The number of fused-ring (bicyclic) bond motifs is 1. The number of ether oxygens (including phenoxy) is 1.